The first-order valence-electron chi connectivity index (χ1n) is 11.1. The largest absolute Gasteiger partial charge is 0.456 e. The molecule has 1 aromatic carbocycles. The quantitative estimate of drug-likeness (QED) is 0.304. The number of benzene rings is 1. The smallest absolute Gasteiger partial charge is 0.450 e. The molecule has 2 amide bonds. The predicted molar refractivity (Wildman–Crippen MR) is 120 cm³/mol. The Hall–Kier alpha value is -3.57. The number of anilines is 1. The number of ether oxygens (including phenoxy) is 1. The maximum atomic E-state index is 13.7. The number of aryl methyl sites for hydroxylation is 1. The number of carbonyl (C=O) groups excluding carboxylic acids is 2. The summed E-state index contributed by atoms with van der Waals surface area (Å²) in [6.45, 7) is 3.21. The Morgan fingerprint density at radius 1 is 1.17 bits per heavy atom. The number of guanidine groups is 1. The lowest BCUT2D eigenvalue weighted by Crippen LogP contribution is -2.47. The highest BCUT2D eigenvalue weighted by Gasteiger charge is 2.40. The fourth-order valence-corrected chi connectivity index (χ4v) is 3.83. The van der Waals surface area contributed by atoms with Gasteiger partial charge in [-0.15, -0.1) is 0 Å². The van der Waals surface area contributed by atoms with E-state index in [9.17, 15) is 27.2 Å². The molecule has 190 valence electrons. The molecule has 0 saturated heterocycles. The normalized spacial score (nSPS) is 18.6. The van der Waals surface area contributed by atoms with Crippen molar-refractivity contribution in [3.05, 3.63) is 53.2 Å². The van der Waals surface area contributed by atoms with E-state index in [0.717, 1.165) is 18.6 Å². The summed E-state index contributed by atoms with van der Waals surface area (Å²) in [5, 5.41) is 8.54. The monoisotopic (exact) mass is 498 g/mol. The summed E-state index contributed by atoms with van der Waals surface area (Å²) >= 11 is 0. The molecule has 8 nitrogen and oxygen atoms in total. The third-order valence-corrected chi connectivity index (χ3v) is 5.26. The van der Waals surface area contributed by atoms with Gasteiger partial charge in [0.1, 0.15) is 11.6 Å². The van der Waals surface area contributed by atoms with Crippen LogP contribution < -0.4 is 16.0 Å². The number of alkyl carbamates (subject to hydrolysis) is 1. The summed E-state index contributed by atoms with van der Waals surface area (Å²) in [4.78, 5) is 28.3. The summed E-state index contributed by atoms with van der Waals surface area (Å²) in [5.74, 6) is -3.43. The van der Waals surface area contributed by atoms with Crippen molar-refractivity contribution in [1.29, 1.82) is 0 Å². The average Bonchev–Trinajstić information content (AvgIpc) is 3.17. The van der Waals surface area contributed by atoms with Gasteiger partial charge in [-0.1, -0.05) is 6.07 Å². The molecule has 35 heavy (non-hydrogen) atoms. The van der Waals surface area contributed by atoms with Crippen LogP contribution in [0.25, 0.3) is 0 Å². The molecule has 0 radical (unpaired) electrons. The molecule has 1 heterocycles. The van der Waals surface area contributed by atoms with Gasteiger partial charge in [-0.05, 0) is 63.8 Å². The van der Waals surface area contributed by atoms with Crippen LogP contribution in [0.4, 0.5) is 28.0 Å². The van der Waals surface area contributed by atoms with Crippen molar-refractivity contribution in [1.82, 2.24) is 10.6 Å². The SMILES string of the molecule is CCOC(=O)NC1CCCC(N/C(=N\C(=O)c2cc(C)oc2C(F)(F)F)Nc2cccc(F)c2)C1. The maximum absolute atomic E-state index is 13.7. The van der Waals surface area contributed by atoms with Crippen molar-refractivity contribution >= 4 is 23.6 Å². The number of hydrogen-bond donors (Lipinski definition) is 3. The first-order valence-corrected chi connectivity index (χ1v) is 11.1. The van der Waals surface area contributed by atoms with Gasteiger partial charge in [-0.25, -0.2) is 9.18 Å². The molecule has 1 aliphatic carbocycles. The lowest BCUT2D eigenvalue weighted by molar-refractivity contribution is -0.153. The van der Waals surface area contributed by atoms with E-state index in [1.54, 1.807) is 6.92 Å². The number of furan rings is 1. The Balaban J connectivity index is 1.84. The molecule has 2 unspecified atom stereocenters. The zero-order valence-electron chi connectivity index (χ0n) is 19.2. The molecule has 0 spiro atoms. The number of rotatable bonds is 5. The Morgan fingerprint density at radius 3 is 2.54 bits per heavy atom. The van der Waals surface area contributed by atoms with Crippen molar-refractivity contribution in [2.24, 2.45) is 4.99 Å². The van der Waals surface area contributed by atoms with Crippen molar-refractivity contribution < 1.29 is 36.3 Å². The minimum absolute atomic E-state index is 0.0939. The molecule has 1 aromatic heterocycles. The molecule has 3 N–H and O–H groups in total. The molecule has 3 rings (SSSR count). The number of carbonyl (C=O) groups is 2. The van der Waals surface area contributed by atoms with Gasteiger partial charge in [0.05, 0.1) is 12.2 Å². The minimum Gasteiger partial charge on any atom is -0.456 e. The number of halogens is 4. The molecule has 12 heteroatoms. The van der Waals surface area contributed by atoms with E-state index in [1.165, 1.54) is 25.1 Å². The number of amides is 2. The van der Waals surface area contributed by atoms with Crippen LogP contribution in [0, 0.1) is 12.7 Å². The van der Waals surface area contributed by atoms with Gasteiger partial charge in [0.2, 0.25) is 11.7 Å². The predicted octanol–water partition coefficient (Wildman–Crippen LogP) is 5.00. The minimum atomic E-state index is -4.88. The van der Waals surface area contributed by atoms with E-state index in [-0.39, 0.29) is 36.1 Å². The second-order valence-electron chi connectivity index (χ2n) is 8.07. The summed E-state index contributed by atoms with van der Waals surface area (Å²) in [5.41, 5.74) is -0.499. The van der Waals surface area contributed by atoms with Crippen molar-refractivity contribution in [3.8, 4) is 0 Å². The number of aliphatic imine (C=N–C) groups is 1. The van der Waals surface area contributed by atoms with E-state index < -0.39 is 35.3 Å². The molecular formula is C23H26F4N4O4. The van der Waals surface area contributed by atoms with Gasteiger partial charge in [-0.3, -0.25) is 4.79 Å². The fourth-order valence-electron chi connectivity index (χ4n) is 3.83. The van der Waals surface area contributed by atoms with Crippen molar-refractivity contribution in [2.45, 2.75) is 57.8 Å². The van der Waals surface area contributed by atoms with Crippen molar-refractivity contribution in [3.63, 3.8) is 0 Å². The molecular weight excluding hydrogens is 472 g/mol. The lowest BCUT2D eigenvalue weighted by Gasteiger charge is -2.31. The Bertz CT molecular complexity index is 1080. The van der Waals surface area contributed by atoms with Crippen LogP contribution in [0.15, 0.2) is 39.7 Å². The third-order valence-electron chi connectivity index (χ3n) is 5.26. The van der Waals surface area contributed by atoms with E-state index in [2.05, 4.69) is 25.4 Å². The van der Waals surface area contributed by atoms with Gasteiger partial charge >= 0.3 is 12.3 Å². The van der Waals surface area contributed by atoms with Crippen LogP contribution in [0.2, 0.25) is 0 Å². The van der Waals surface area contributed by atoms with Crippen LogP contribution in [0.5, 0.6) is 0 Å². The van der Waals surface area contributed by atoms with E-state index in [4.69, 9.17) is 4.74 Å². The van der Waals surface area contributed by atoms with Crippen LogP contribution in [-0.4, -0.2) is 36.7 Å². The number of nitrogens with one attached hydrogen (secondary N) is 3. The first-order chi connectivity index (χ1) is 16.5. The molecule has 0 aliphatic heterocycles. The standard InChI is InChI=1S/C23H26F4N4O4/c1-3-34-22(33)30-17-9-5-8-16(12-17)29-21(28-15-7-4-6-14(24)11-15)31-20(32)18-10-13(2)35-19(18)23(25,26)27/h4,6-7,10-11,16-17H,3,5,8-9,12H2,1-2H3,(H,30,33)(H2,28,29,31,32). The molecule has 1 saturated carbocycles. The fraction of sp³-hybridized carbons (Fsp3) is 0.435. The molecule has 1 fully saturated rings. The summed E-state index contributed by atoms with van der Waals surface area (Å²) in [7, 11) is 0. The zero-order chi connectivity index (χ0) is 25.6. The molecule has 2 aromatic rings. The van der Waals surface area contributed by atoms with Gasteiger partial charge in [0, 0.05) is 17.8 Å². The zero-order valence-corrected chi connectivity index (χ0v) is 19.2. The average molecular weight is 498 g/mol. The summed E-state index contributed by atoms with van der Waals surface area (Å²) < 4.78 is 63.2. The molecule has 0 bridgehead atoms. The highest BCUT2D eigenvalue weighted by atomic mass is 19.4. The highest BCUT2D eigenvalue weighted by molar-refractivity contribution is 6.07. The summed E-state index contributed by atoms with van der Waals surface area (Å²) in [6.07, 6.45) is -2.88. The van der Waals surface area contributed by atoms with E-state index in [1.807, 2.05) is 0 Å². The second kappa shape index (κ2) is 11.2. The summed E-state index contributed by atoms with van der Waals surface area (Å²) in [6, 6.07) is 5.79. The van der Waals surface area contributed by atoms with Crippen LogP contribution >= 0.6 is 0 Å². The van der Waals surface area contributed by atoms with Crippen molar-refractivity contribution in [2.75, 3.05) is 11.9 Å². The van der Waals surface area contributed by atoms with Crippen LogP contribution in [-0.2, 0) is 10.9 Å². The van der Waals surface area contributed by atoms with Gasteiger partial charge < -0.3 is 25.1 Å². The highest BCUT2D eigenvalue weighted by Crippen LogP contribution is 2.34. The van der Waals surface area contributed by atoms with E-state index in [0.29, 0.717) is 19.3 Å². The Labute approximate surface area is 199 Å². The van der Waals surface area contributed by atoms with Crippen LogP contribution in [0.1, 0.15) is 54.5 Å². The maximum Gasteiger partial charge on any atom is 0.450 e. The van der Waals surface area contributed by atoms with Gasteiger partial charge in [0.25, 0.3) is 5.91 Å². The van der Waals surface area contributed by atoms with Gasteiger partial charge in [-0.2, -0.15) is 18.2 Å². The van der Waals surface area contributed by atoms with Crippen LogP contribution in [0.3, 0.4) is 0 Å². The topological polar surface area (TPSA) is 105 Å². The Morgan fingerprint density at radius 2 is 1.89 bits per heavy atom. The number of hydrogen-bond acceptors (Lipinski definition) is 4. The van der Waals surface area contributed by atoms with Gasteiger partial charge in [0.15, 0.2) is 0 Å². The van der Waals surface area contributed by atoms with E-state index >= 15 is 0 Å². The second-order valence-corrected chi connectivity index (χ2v) is 8.07. The third kappa shape index (κ3) is 7.46. The first kappa shape index (κ1) is 26.0. The molecule has 1 aliphatic rings. The Kier molecular flexibility index (Phi) is 8.36. The lowest BCUT2D eigenvalue weighted by atomic mass is 9.91. The molecule has 2 atom stereocenters. The number of alkyl halides is 3. The number of nitrogens with zero attached hydrogens (tertiary/aromatic N) is 1.